The predicted octanol–water partition coefficient (Wildman–Crippen LogP) is 6.44. The Balaban J connectivity index is 2.36. The van der Waals surface area contributed by atoms with Crippen molar-refractivity contribution in [3.05, 3.63) is 72.5 Å². The molecular weight excluding hydrogens is 294 g/mol. The van der Waals surface area contributed by atoms with Crippen LogP contribution in [0, 0.1) is 0 Å². The van der Waals surface area contributed by atoms with E-state index < -0.39 is 0 Å². The molecule has 0 unspecified atom stereocenters. The number of hydrogen-bond donors (Lipinski definition) is 0. The van der Waals surface area contributed by atoms with Crippen LogP contribution in [0.5, 0.6) is 0 Å². The summed E-state index contributed by atoms with van der Waals surface area (Å²) in [7, 11) is 0. The van der Waals surface area contributed by atoms with Gasteiger partial charge in [-0.3, -0.25) is 4.99 Å². The molecule has 1 heterocycles. The zero-order valence-electron chi connectivity index (χ0n) is 14.4. The Bertz CT molecular complexity index is 943. The number of fused-ring (bicyclic) bond motifs is 3. The number of benzene rings is 2. The first-order valence-corrected chi connectivity index (χ1v) is 8.52. The van der Waals surface area contributed by atoms with E-state index in [-0.39, 0.29) is 0 Å². The third-order valence-electron chi connectivity index (χ3n) is 4.29. The second kappa shape index (κ2) is 6.88. The first kappa shape index (κ1) is 16.3. The number of allylic oxidation sites excluding steroid dienone is 2. The lowest BCUT2D eigenvalue weighted by Gasteiger charge is -2.10. The number of para-hydroxylation sites is 1. The Labute approximate surface area is 143 Å². The highest BCUT2D eigenvalue weighted by Gasteiger charge is 2.17. The van der Waals surface area contributed by atoms with Gasteiger partial charge in [-0.05, 0) is 30.5 Å². The maximum atomic E-state index is 6.21. The van der Waals surface area contributed by atoms with Gasteiger partial charge in [0.05, 0.1) is 5.71 Å². The van der Waals surface area contributed by atoms with Crippen molar-refractivity contribution in [3.8, 4) is 0 Å². The molecule has 122 valence electrons. The van der Waals surface area contributed by atoms with Gasteiger partial charge in [0.15, 0.2) is 0 Å². The third kappa shape index (κ3) is 2.80. The zero-order chi connectivity index (χ0) is 17.1. The summed E-state index contributed by atoms with van der Waals surface area (Å²) in [5.74, 6) is 0. The van der Waals surface area contributed by atoms with Crippen LogP contribution >= 0.6 is 0 Å². The van der Waals surface area contributed by atoms with E-state index in [1.54, 1.807) is 0 Å². The molecule has 0 saturated heterocycles. The third-order valence-corrected chi connectivity index (χ3v) is 4.29. The lowest BCUT2D eigenvalue weighted by Crippen LogP contribution is -2.03. The van der Waals surface area contributed by atoms with Crippen LogP contribution in [0.1, 0.15) is 37.8 Å². The predicted molar refractivity (Wildman–Crippen MR) is 104 cm³/mol. The number of nitrogens with zero attached hydrogens (tertiary/aromatic N) is 1. The van der Waals surface area contributed by atoms with Crippen molar-refractivity contribution in [1.29, 1.82) is 0 Å². The first-order chi connectivity index (χ1) is 11.7. The normalized spacial score (nSPS) is 12.0. The molecule has 0 radical (unpaired) electrons. The molecule has 24 heavy (non-hydrogen) atoms. The highest BCUT2D eigenvalue weighted by atomic mass is 16.3. The van der Waals surface area contributed by atoms with Gasteiger partial charge in [0.2, 0.25) is 0 Å². The number of furan rings is 1. The number of aryl methyl sites for hydroxylation is 1. The van der Waals surface area contributed by atoms with Crippen molar-refractivity contribution in [1.82, 2.24) is 0 Å². The molecule has 0 bridgehead atoms. The standard InChI is InChI=1S/C22H23NO/c1-5-10-16-13-14-18-17-11-8-9-12-20(17)24-22(18)21(16)19(7-3)23-15(4)6-2/h7-9,11-14H,3-6,10H2,1-2H3. The Morgan fingerprint density at radius 2 is 1.92 bits per heavy atom. The lowest BCUT2D eigenvalue weighted by atomic mass is 9.96. The molecule has 3 rings (SSSR count). The molecule has 2 nitrogen and oxygen atoms in total. The lowest BCUT2D eigenvalue weighted by molar-refractivity contribution is 0.667. The Kier molecular flexibility index (Phi) is 4.66. The molecule has 0 aliphatic heterocycles. The smallest absolute Gasteiger partial charge is 0.145 e. The van der Waals surface area contributed by atoms with E-state index in [1.165, 1.54) is 5.56 Å². The summed E-state index contributed by atoms with van der Waals surface area (Å²) >= 11 is 0. The fourth-order valence-electron chi connectivity index (χ4n) is 3.04. The van der Waals surface area contributed by atoms with Crippen LogP contribution in [0.2, 0.25) is 0 Å². The SMILES string of the molecule is C=CC(=NC(=C)CC)c1c(CCC)ccc2c1oc1ccccc12. The van der Waals surface area contributed by atoms with Gasteiger partial charge in [0.1, 0.15) is 11.2 Å². The van der Waals surface area contributed by atoms with Crippen LogP contribution in [0.3, 0.4) is 0 Å². The monoisotopic (exact) mass is 317 g/mol. The summed E-state index contributed by atoms with van der Waals surface area (Å²) in [5.41, 5.74) is 5.78. The number of hydrogen-bond acceptors (Lipinski definition) is 2. The molecule has 0 N–H and O–H groups in total. The number of aliphatic imine (C=N–C) groups is 1. The molecule has 2 aromatic carbocycles. The van der Waals surface area contributed by atoms with Crippen LogP contribution in [0.4, 0.5) is 0 Å². The summed E-state index contributed by atoms with van der Waals surface area (Å²) in [6.45, 7) is 12.2. The average molecular weight is 317 g/mol. The van der Waals surface area contributed by atoms with Gasteiger partial charge < -0.3 is 4.42 Å². The van der Waals surface area contributed by atoms with Crippen LogP contribution in [-0.2, 0) is 6.42 Å². The van der Waals surface area contributed by atoms with Crippen molar-refractivity contribution in [3.63, 3.8) is 0 Å². The second-order valence-electron chi connectivity index (χ2n) is 5.95. The highest BCUT2D eigenvalue weighted by Crippen LogP contribution is 2.33. The van der Waals surface area contributed by atoms with Crippen molar-refractivity contribution >= 4 is 27.7 Å². The first-order valence-electron chi connectivity index (χ1n) is 8.52. The van der Waals surface area contributed by atoms with E-state index in [4.69, 9.17) is 9.41 Å². The van der Waals surface area contributed by atoms with E-state index in [1.807, 2.05) is 24.3 Å². The van der Waals surface area contributed by atoms with Gasteiger partial charge in [-0.2, -0.15) is 0 Å². The topological polar surface area (TPSA) is 25.5 Å². The molecule has 0 aliphatic carbocycles. The summed E-state index contributed by atoms with van der Waals surface area (Å²) < 4.78 is 6.21. The maximum Gasteiger partial charge on any atom is 0.145 e. The molecule has 1 aromatic heterocycles. The number of rotatable bonds is 6. The van der Waals surface area contributed by atoms with Gasteiger partial charge in [-0.1, -0.05) is 63.8 Å². The van der Waals surface area contributed by atoms with Crippen molar-refractivity contribution in [2.45, 2.75) is 33.1 Å². The minimum absolute atomic E-state index is 0.816. The molecular formula is C22H23NO. The molecule has 0 atom stereocenters. The van der Waals surface area contributed by atoms with Crippen LogP contribution < -0.4 is 0 Å². The molecule has 0 amide bonds. The molecule has 0 fully saturated rings. The average Bonchev–Trinajstić information content (AvgIpc) is 2.98. The highest BCUT2D eigenvalue weighted by molar-refractivity contribution is 6.19. The van der Waals surface area contributed by atoms with E-state index >= 15 is 0 Å². The van der Waals surface area contributed by atoms with E-state index in [0.717, 1.165) is 58.2 Å². The van der Waals surface area contributed by atoms with Crippen molar-refractivity contribution < 1.29 is 4.42 Å². The minimum atomic E-state index is 0.816. The van der Waals surface area contributed by atoms with Crippen molar-refractivity contribution in [2.75, 3.05) is 0 Å². The van der Waals surface area contributed by atoms with Crippen LogP contribution in [0.25, 0.3) is 21.9 Å². The van der Waals surface area contributed by atoms with Crippen LogP contribution in [0.15, 0.2) is 70.7 Å². The fraction of sp³-hybridized carbons (Fsp3) is 0.227. The maximum absolute atomic E-state index is 6.21. The molecule has 0 saturated carbocycles. The fourth-order valence-corrected chi connectivity index (χ4v) is 3.04. The van der Waals surface area contributed by atoms with E-state index in [9.17, 15) is 0 Å². The molecule has 3 aromatic rings. The quantitative estimate of drug-likeness (QED) is 0.480. The summed E-state index contributed by atoms with van der Waals surface area (Å²) in [6, 6.07) is 12.5. The Hall–Kier alpha value is -2.61. The van der Waals surface area contributed by atoms with Crippen LogP contribution in [-0.4, -0.2) is 5.71 Å². The summed E-state index contributed by atoms with van der Waals surface area (Å²) in [5, 5.41) is 2.26. The molecule has 0 spiro atoms. The van der Waals surface area contributed by atoms with Gasteiger partial charge in [0, 0.05) is 22.0 Å². The molecule has 0 aliphatic rings. The van der Waals surface area contributed by atoms with E-state index in [0.29, 0.717) is 0 Å². The second-order valence-corrected chi connectivity index (χ2v) is 5.95. The minimum Gasteiger partial charge on any atom is -0.455 e. The zero-order valence-corrected chi connectivity index (χ0v) is 14.4. The van der Waals surface area contributed by atoms with Crippen molar-refractivity contribution in [2.24, 2.45) is 4.99 Å². The van der Waals surface area contributed by atoms with Gasteiger partial charge >= 0.3 is 0 Å². The summed E-state index contributed by atoms with van der Waals surface area (Å²) in [6.07, 6.45) is 4.67. The summed E-state index contributed by atoms with van der Waals surface area (Å²) in [4.78, 5) is 4.69. The Morgan fingerprint density at radius 1 is 1.12 bits per heavy atom. The van der Waals surface area contributed by atoms with Gasteiger partial charge in [-0.15, -0.1) is 0 Å². The van der Waals surface area contributed by atoms with Gasteiger partial charge in [0.25, 0.3) is 0 Å². The molecule has 2 heteroatoms. The Morgan fingerprint density at radius 3 is 2.62 bits per heavy atom. The van der Waals surface area contributed by atoms with Gasteiger partial charge in [-0.25, -0.2) is 0 Å². The van der Waals surface area contributed by atoms with E-state index in [2.05, 4.69) is 45.2 Å². The largest absolute Gasteiger partial charge is 0.455 e.